The molecule has 1 saturated heterocycles. The first-order chi connectivity index (χ1) is 16.3. The second kappa shape index (κ2) is 8.91. The first-order valence-corrected chi connectivity index (χ1v) is 12.6. The molecule has 1 fully saturated rings. The van der Waals surface area contributed by atoms with Gasteiger partial charge in [-0.05, 0) is 37.3 Å². The SMILES string of the molecule is C=CC(=O)N1CCN(c2nc(=O)n3c4c(c(-c5cc(Cl)ccc5F)c(Cl)cc24)SCC3)C(C)C1. The van der Waals surface area contributed by atoms with Gasteiger partial charge >= 0.3 is 5.69 Å². The van der Waals surface area contributed by atoms with Gasteiger partial charge in [-0.2, -0.15) is 4.98 Å². The first kappa shape index (κ1) is 23.2. The number of rotatable bonds is 3. The lowest BCUT2D eigenvalue weighted by atomic mass is 10.0. The van der Waals surface area contributed by atoms with E-state index in [9.17, 15) is 14.0 Å². The molecule has 2 aliphatic rings. The second-order valence-corrected chi connectivity index (χ2v) is 10.3. The third-order valence-electron chi connectivity index (χ3n) is 6.30. The van der Waals surface area contributed by atoms with Gasteiger partial charge in [0.2, 0.25) is 5.91 Å². The molecule has 0 aliphatic carbocycles. The average Bonchev–Trinajstić information content (AvgIpc) is 2.82. The number of aromatic nitrogens is 2. The number of anilines is 1. The van der Waals surface area contributed by atoms with Crippen molar-refractivity contribution in [2.75, 3.05) is 30.3 Å². The molecule has 0 N–H and O–H groups in total. The summed E-state index contributed by atoms with van der Waals surface area (Å²) in [5.41, 5.74) is 1.16. The molecule has 6 nitrogen and oxygen atoms in total. The monoisotopic (exact) mass is 518 g/mol. The number of piperazine rings is 1. The van der Waals surface area contributed by atoms with Gasteiger partial charge in [0, 0.05) is 64.4 Å². The topological polar surface area (TPSA) is 58.4 Å². The zero-order valence-electron chi connectivity index (χ0n) is 18.4. The van der Waals surface area contributed by atoms with Crippen LogP contribution in [0.2, 0.25) is 10.0 Å². The molecule has 10 heteroatoms. The lowest BCUT2D eigenvalue weighted by Gasteiger charge is -2.40. The van der Waals surface area contributed by atoms with Crippen molar-refractivity contribution in [2.45, 2.75) is 24.4 Å². The van der Waals surface area contributed by atoms with Gasteiger partial charge in [-0.15, -0.1) is 11.8 Å². The molecule has 1 atom stereocenters. The van der Waals surface area contributed by atoms with Gasteiger partial charge in [0.1, 0.15) is 11.6 Å². The van der Waals surface area contributed by atoms with Crippen molar-refractivity contribution in [3.8, 4) is 11.1 Å². The number of hydrogen-bond donors (Lipinski definition) is 0. The summed E-state index contributed by atoms with van der Waals surface area (Å²) in [6.45, 7) is 7.53. The van der Waals surface area contributed by atoms with Crippen molar-refractivity contribution in [3.63, 3.8) is 0 Å². The molecule has 3 heterocycles. The van der Waals surface area contributed by atoms with E-state index in [2.05, 4.69) is 11.6 Å². The fraction of sp³-hybridized carbons (Fsp3) is 0.292. The Morgan fingerprint density at radius 1 is 1.26 bits per heavy atom. The van der Waals surface area contributed by atoms with Gasteiger partial charge in [-0.3, -0.25) is 9.36 Å². The number of carbonyl (C=O) groups is 1. The molecule has 3 aromatic rings. The quantitative estimate of drug-likeness (QED) is 0.464. The molecule has 5 rings (SSSR count). The van der Waals surface area contributed by atoms with Crippen molar-refractivity contribution in [1.82, 2.24) is 14.5 Å². The van der Waals surface area contributed by atoms with E-state index < -0.39 is 5.82 Å². The van der Waals surface area contributed by atoms with Crippen LogP contribution in [0.5, 0.6) is 0 Å². The minimum absolute atomic E-state index is 0.0773. The highest BCUT2D eigenvalue weighted by Crippen LogP contribution is 2.46. The van der Waals surface area contributed by atoms with Gasteiger partial charge in [-0.25, -0.2) is 9.18 Å². The molecule has 34 heavy (non-hydrogen) atoms. The Balaban J connectivity index is 1.72. The maximum absolute atomic E-state index is 14.8. The van der Waals surface area contributed by atoms with E-state index in [0.29, 0.717) is 64.4 Å². The highest BCUT2D eigenvalue weighted by Gasteiger charge is 2.31. The molecule has 0 radical (unpaired) electrons. The summed E-state index contributed by atoms with van der Waals surface area (Å²) < 4.78 is 16.5. The third kappa shape index (κ3) is 3.78. The second-order valence-electron chi connectivity index (χ2n) is 8.33. The van der Waals surface area contributed by atoms with Crippen LogP contribution in [0, 0.1) is 5.82 Å². The number of nitrogens with zero attached hydrogens (tertiary/aromatic N) is 4. The van der Waals surface area contributed by atoms with Gasteiger partial charge in [0.25, 0.3) is 0 Å². The molecular weight excluding hydrogens is 498 g/mol. The summed E-state index contributed by atoms with van der Waals surface area (Å²) in [5.74, 6) is 0.604. The maximum atomic E-state index is 14.8. The predicted octanol–water partition coefficient (Wildman–Crippen LogP) is 4.84. The summed E-state index contributed by atoms with van der Waals surface area (Å²) in [4.78, 5) is 34.1. The highest BCUT2D eigenvalue weighted by molar-refractivity contribution is 7.99. The number of halogens is 3. The Morgan fingerprint density at radius 3 is 2.79 bits per heavy atom. The lowest BCUT2D eigenvalue weighted by Crippen LogP contribution is -2.54. The van der Waals surface area contributed by atoms with Crippen LogP contribution >= 0.6 is 35.0 Å². The first-order valence-electron chi connectivity index (χ1n) is 10.8. The summed E-state index contributed by atoms with van der Waals surface area (Å²) in [7, 11) is 0. The molecule has 0 spiro atoms. The van der Waals surface area contributed by atoms with Crippen LogP contribution in [0.4, 0.5) is 10.2 Å². The van der Waals surface area contributed by atoms with Crippen LogP contribution in [0.15, 0.2) is 46.6 Å². The zero-order chi connectivity index (χ0) is 24.1. The van der Waals surface area contributed by atoms with Gasteiger partial charge in [0.15, 0.2) is 0 Å². The standard InChI is InChI=1S/C24H21Cl2FN4O2S/c1-3-19(32)29-6-7-30(13(2)12-29)23-16-11-17(26)20(15-10-14(25)4-5-18(15)27)22-21(16)31(8-9-34-22)24(33)28-23/h3-5,10-11,13H,1,6-9,12H2,2H3. The molecule has 176 valence electrons. The summed E-state index contributed by atoms with van der Waals surface area (Å²) in [5, 5.41) is 1.49. The summed E-state index contributed by atoms with van der Waals surface area (Å²) in [6, 6.07) is 6.04. The number of amides is 1. The normalized spacial score (nSPS) is 17.8. The van der Waals surface area contributed by atoms with E-state index in [-0.39, 0.29) is 17.6 Å². The van der Waals surface area contributed by atoms with E-state index in [1.807, 2.05) is 11.8 Å². The lowest BCUT2D eigenvalue weighted by molar-refractivity contribution is -0.126. The Bertz CT molecular complexity index is 1410. The Labute approximate surface area is 210 Å². The molecular formula is C24H21Cl2FN4O2S. The molecule has 1 unspecified atom stereocenters. The number of carbonyl (C=O) groups excluding carboxylic acids is 1. The summed E-state index contributed by atoms with van der Waals surface area (Å²) in [6.07, 6.45) is 1.31. The molecule has 2 aromatic carbocycles. The van der Waals surface area contributed by atoms with Crippen LogP contribution in [-0.4, -0.2) is 51.8 Å². The van der Waals surface area contributed by atoms with Crippen molar-refractivity contribution < 1.29 is 9.18 Å². The van der Waals surface area contributed by atoms with E-state index in [1.54, 1.807) is 21.6 Å². The van der Waals surface area contributed by atoms with Crippen LogP contribution < -0.4 is 10.6 Å². The van der Waals surface area contributed by atoms with Crippen molar-refractivity contribution in [3.05, 3.63) is 63.3 Å². The average molecular weight is 519 g/mol. The number of thioether (sulfide) groups is 1. The zero-order valence-corrected chi connectivity index (χ0v) is 20.7. The van der Waals surface area contributed by atoms with E-state index in [1.165, 1.54) is 30.0 Å². The van der Waals surface area contributed by atoms with Crippen molar-refractivity contribution in [2.24, 2.45) is 0 Å². The third-order valence-corrected chi connectivity index (χ3v) is 7.90. The molecule has 1 amide bonds. The maximum Gasteiger partial charge on any atom is 0.350 e. The predicted molar refractivity (Wildman–Crippen MR) is 136 cm³/mol. The van der Waals surface area contributed by atoms with Gasteiger partial charge in [-0.1, -0.05) is 29.8 Å². The van der Waals surface area contributed by atoms with Crippen LogP contribution in [-0.2, 0) is 11.3 Å². The van der Waals surface area contributed by atoms with Crippen molar-refractivity contribution >= 4 is 57.6 Å². The van der Waals surface area contributed by atoms with Crippen molar-refractivity contribution in [1.29, 1.82) is 0 Å². The number of aryl methyl sites for hydroxylation is 1. The van der Waals surface area contributed by atoms with Gasteiger partial charge in [0.05, 0.1) is 10.5 Å². The van der Waals surface area contributed by atoms with Crippen LogP contribution in [0.3, 0.4) is 0 Å². The van der Waals surface area contributed by atoms with Gasteiger partial charge < -0.3 is 9.80 Å². The number of hydrogen-bond acceptors (Lipinski definition) is 5. The van der Waals surface area contributed by atoms with E-state index in [0.717, 1.165) is 10.3 Å². The largest absolute Gasteiger partial charge is 0.350 e. The summed E-state index contributed by atoms with van der Waals surface area (Å²) >= 11 is 14.5. The minimum atomic E-state index is -0.437. The smallest absolute Gasteiger partial charge is 0.350 e. The van der Waals surface area contributed by atoms with E-state index in [4.69, 9.17) is 23.2 Å². The minimum Gasteiger partial charge on any atom is -0.350 e. The molecule has 1 aromatic heterocycles. The molecule has 0 bridgehead atoms. The Hall–Kier alpha value is -2.55. The van der Waals surface area contributed by atoms with E-state index >= 15 is 0 Å². The molecule has 0 saturated carbocycles. The fourth-order valence-corrected chi connectivity index (χ4v) is 6.44. The Morgan fingerprint density at radius 2 is 2.06 bits per heavy atom. The fourth-order valence-electron chi connectivity index (χ4n) is 4.71. The Kier molecular flexibility index (Phi) is 6.08. The van der Waals surface area contributed by atoms with Crippen LogP contribution in [0.25, 0.3) is 22.0 Å². The highest BCUT2D eigenvalue weighted by atomic mass is 35.5. The number of benzene rings is 2. The van der Waals surface area contributed by atoms with Crippen LogP contribution in [0.1, 0.15) is 6.92 Å². The molecule has 2 aliphatic heterocycles.